The summed E-state index contributed by atoms with van der Waals surface area (Å²) >= 11 is 0. The summed E-state index contributed by atoms with van der Waals surface area (Å²) in [7, 11) is 0. The van der Waals surface area contributed by atoms with Gasteiger partial charge in [-0.1, -0.05) is 32.4 Å². The summed E-state index contributed by atoms with van der Waals surface area (Å²) in [5, 5.41) is 8.41. The Morgan fingerprint density at radius 3 is 2.58 bits per heavy atom. The number of amides is 1. The SMILES string of the molecule is CCN(CC)CCCOc1nn(Cc2ccc(F)cc2)c2ccc(NC(=O)OC3CCCCC3)cc12. The molecule has 0 unspecified atom stereocenters. The van der Waals surface area contributed by atoms with Crippen molar-refractivity contribution in [3.05, 3.63) is 53.8 Å². The zero-order chi connectivity index (χ0) is 25.3. The lowest BCUT2D eigenvalue weighted by Gasteiger charge is -2.21. The molecule has 8 heteroatoms. The Hall–Kier alpha value is -3.13. The highest BCUT2D eigenvalue weighted by Gasteiger charge is 2.19. The van der Waals surface area contributed by atoms with Crippen LogP contribution in [-0.4, -0.2) is 53.1 Å². The van der Waals surface area contributed by atoms with Gasteiger partial charge in [0.05, 0.1) is 24.1 Å². The number of anilines is 1. The molecular formula is C28H37FN4O3. The molecule has 1 N–H and O–H groups in total. The summed E-state index contributed by atoms with van der Waals surface area (Å²) in [5.41, 5.74) is 2.45. The molecule has 1 fully saturated rings. The standard InChI is InChI=1S/C28H37FN4O3/c1-3-32(4-2)17-8-18-35-27-25-19-23(30-28(34)36-24-9-6-5-7-10-24)15-16-26(25)33(31-27)20-21-11-13-22(29)14-12-21/h11-16,19,24H,3-10,17-18,20H2,1-2H3,(H,30,34). The fraction of sp³-hybridized carbons (Fsp3) is 0.500. The second-order valence-electron chi connectivity index (χ2n) is 9.34. The van der Waals surface area contributed by atoms with Gasteiger partial charge in [0, 0.05) is 12.2 Å². The van der Waals surface area contributed by atoms with Crippen LogP contribution >= 0.6 is 0 Å². The Balaban J connectivity index is 1.50. The van der Waals surface area contributed by atoms with Crippen LogP contribution in [0.1, 0.15) is 57.9 Å². The maximum absolute atomic E-state index is 13.4. The number of carbonyl (C=O) groups excluding carboxylic acids is 1. The van der Waals surface area contributed by atoms with E-state index >= 15 is 0 Å². The van der Waals surface area contributed by atoms with Crippen LogP contribution < -0.4 is 10.1 Å². The van der Waals surface area contributed by atoms with E-state index < -0.39 is 6.09 Å². The van der Waals surface area contributed by atoms with Crippen LogP contribution in [0, 0.1) is 5.82 Å². The number of fused-ring (bicyclic) bond motifs is 1. The van der Waals surface area contributed by atoms with Gasteiger partial charge in [-0.2, -0.15) is 0 Å². The zero-order valence-electron chi connectivity index (χ0n) is 21.3. The summed E-state index contributed by atoms with van der Waals surface area (Å²) < 4.78 is 27.0. The van der Waals surface area contributed by atoms with E-state index in [9.17, 15) is 9.18 Å². The van der Waals surface area contributed by atoms with E-state index in [0.29, 0.717) is 24.7 Å². The van der Waals surface area contributed by atoms with Crippen molar-refractivity contribution >= 4 is 22.7 Å². The fourth-order valence-electron chi connectivity index (χ4n) is 4.70. The van der Waals surface area contributed by atoms with Gasteiger partial charge < -0.3 is 14.4 Å². The molecule has 0 saturated heterocycles. The maximum atomic E-state index is 13.4. The lowest BCUT2D eigenvalue weighted by molar-refractivity contribution is 0.0865. The fourth-order valence-corrected chi connectivity index (χ4v) is 4.70. The van der Waals surface area contributed by atoms with Gasteiger partial charge >= 0.3 is 6.09 Å². The maximum Gasteiger partial charge on any atom is 0.411 e. The molecule has 1 aromatic heterocycles. The molecule has 1 aliphatic rings. The molecule has 0 spiro atoms. The molecule has 194 valence electrons. The van der Waals surface area contributed by atoms with Gasteiger partial charge in [0.25, 0.3) is 0 Å². The molecule has 1 aliphatic carbocycles. The summed E-state index contributed by atoms with van der Waals surface area (Å²) in [5.74, 6) is 0.257. The van der Waals surface area contributed by atoms with E-state index in [1.807, 2.05) is 22.9 Å². The second-order valence-corrected chi connectivity index (χ2v) is 9.34. The number of hydrogen-bond donors (Lipinski definition) is 1. The van der Waals surface area contributed by atoms with E-state index in [0.717, 1.165) is 68.2 Å². The van der Waals surface area contributed by atoms with Crippen molar-refractivity contribution < 1.29 is 18.7 Å². The van der Waals surface area contributed by atoms with Crippen molar-refractivity contribution in [2.24, 2.45) is 0 Å². The van der Waals surface area contributed by atoms with Crippen molar-refractivity contribution in [3.8, 4) is 5.88 Å². The van der Waals surface area contributed by atoms with E-state index in [1.165, 1.54) is 18.6 Å². The Bertz CT molecular complexity index is 1120. The average Bonchev–Trinajstić information content (AvgIpc) is 3.22. The lowest BCUT2D eigenvalue weighted by atomic mass is 9.98. The first-order valence-corrected chi connectivity index (χ1v) is 13.1. The zero-order valence-corrected chi connectivity index (χ0v) is 21.3. The molecule has 2 aromatic carbocycles. The van der Waals surface area contributed by atoms with Gasteiger partial charge in [0.15, 0.2) is 0 Å². The quantitative estimate of drug-likeness (QED) is 0.319. The molecule has 0 radical (unpaired) electrons. The summed E-state index contributed by atoms with van der Waals surface area (Å²) in [4.78, 5) is 14.8. The minimum absolute atomic E-state index is 0.00866. The predicted octanol–water partition coefficient (Wildman–Crippen LogP) is 6.22. The third-order valence-electron chi connectivity index (χ3n) is 6.79. The van der Waals surface area contributed by atoms with Gasteiger partial charge in [-0.05, 0) is 81.1 Å². The van der Waals surface area contributed by atoms with Crippen molar-refractivity contribution in [1.29, 1.82) is 0 Å². The minimum Gasteiger partial charge on any atom is -0.476 e. The van der Waals surface area contributed by atoms with E-state index in [-0.39, 0.29) is 11.9 Å². The van der Waals surface area contributed by atoms with Gasteiger partial charge in [0.1, 0.15) is 11.9 Å². The molecule has 0 bridgehead atoms. The Kier molecular flexibility index (Phi) is 9.17. The van der Waals surface area contributed by atoms with Crippen LogP contribution in [0.25, 0.3) is 10.9 Å². The number of nitrogens with zero attached hydrogens (tertiary/aromatic N) is 3. The number of rotatable bonds is 11. The highest BCUT2D eigenvalue weighted by atomic mass is 19.1. The summed E-state index contributed by atoms with van der Waals surface area (Å²) in [6.45, 7) is 8.32. The number of carbonyl (C=O) groups is 1. The van der Waals surface area contributed by atoms with Gasteiger partial charge in [0.2, 0.25) is 5.88 Å². The van der Waals surface area contributed by atoms with Crippen LogP contribution in [0.15, 0.2) is 42.5 Å². The van der Waals surface area contributed by atoms with E-state index in [1.54, 1.807) is 12.1 Å². The molecule has 0 aliphatic heterocycles. The predicted molar refractivity (Wildman–Crippen MR) is 140 cm³/mol. The average molecular weight is 497 g/mol. The first-order chi connectivity index (χ1) is 17.6. The Morgan fingerprint density at radius 2 is 1.86 bits per heavy atom. The summed E-state index contributed by atoms with van der Waals surface area (Å²) in [6, 6.07) is 12.1. The first-order valence-electron chi connectivity index (χ1n) is 13.1. The molecule has 1 heterocycles. The van der Waals surface area contributed by atoms with Crippen LogP contribution in [0.3, 0.4) is 0 Å². The number of nitrogens with one attached hydrogen (secondary N) is 1. The minimum atomic E-state index is -0.429. The molecule has 1 saturated carbocycles. The topological polar surface area (TPSA) is 68.6 Å². The van der Waals surface area contributed by atoms with Crippen LogP contribution in [0.5, 0.6) is 5.88 Å². The molecular weight excluding hydrogens is 459 g/mol. The van der Waals surface area contributed by atoms with Crippen molar-refractivity contribution in [1.82, 2.24) is 14.7 Å². The van der Waals surface area contributed by atoms with Crippen molar-refractivity contribution in [2.45, 2.75) is 65.0 Å². The lowest BCUT2D eigenvalue weighted by Crippen LogP contribution is -2.25. The number of benzene rings is 2. The summed E-state index contributed by atoms with van der Waals surface area (Å²) in [6.07, 6.45) is 5.71. The third-order valence-corrected chi connectivity index (χ3v) is 6.79. The molecule has 0 atom stereocenters. The van der Waals surface area contributed by atoms with E-state index in [4.69, 9.17) is 14.6 Å². The first kappa shape index (κ1) is 25.9. The number of halogens is 1. The highest BCUT2D eigenvalue weighted by molar-refractivity contribution is 5.92. The molecule has 1 amide bonds. The molecule has 36 heavy (non-hydrogen) atoms. The van der Waals surface area contributed by atoms with E-state index in [2.05, 4.69) is 24.1 Å². The van der Waals surface area contributed by atoms with Gasteiger partial charge in [-0.15, -0.1) is 5.10 Å². The van der Waals surface area contributed by atoms with Crippen LogP contribution in [-0.2, 0) is 11.3 Å². The second kappa shape index (κ2) is 12.7. The smallest absolute Gasteiger partial charge is 0.411 e. The normalized spacial score (nSPS) is 14.3. The van der Waals surface area contributed by atoms with Gasteiger partial charge in [-0.25, -0.2) is 9.18 Å². The van der Waals surface area contributed by atoms with Gasteiger partial charge in [-0.3, -0.25) is 10.00 Å². The number of hydrogen-bond acceptors (Lipinski definition) is 5. The Labute approximate surface area is 212 Å². The molecule has 4 rings (SSSR count). The third kappa shape index (κ3) is 6.97. The number of aromatic nitrogens is 2. The largest absolute Gasteiger partial charge is 0.476 e. The monoisotopic (exact) mass is 496 g/mol. The van der Waals surface area contributed by atoms with Crippen molar-refractivity contribution in [3.63, 3.8) is 0 Å². The molecule has 3 aromatic rings. The number of ether oxygens (including phenoxy) is 2. The molecule has 7 nitrogen and oxygen atoms in total. The highest BCUT2D eigenvalue weighted by Crippen LogP contribution is 2.29. The van der Waals surface area contributed by atoms with Crippen LogP contribution in [0.2, 0.25) is 0 Å². The van der Waals surface area contributed by atoms with Crippen LogP contribution in [0.4, 0.5) is 14.9 Å². The van der Waals surface area contributed by atoms with Crippen molar-refractivity contribution in [2.75, 3.05) is 31.6 Å². The Morgan fingerprint density at radius 1 is 1.11 bits per heavy atom.